The van der Waals surface area contributed by atoms with Gasteiger partial charge in [0.1, 0.15) is 19.0 Å². The van der Waals surface area contributed by atoms with E-state index in [-0.39, 0.29) is 6.61 Å². The van der Waals surface area contributed by atoms with Crippen molar-refractivity contribution in [3.8, 4) is 5.75 Å². The molecule has 6 heteroatoms. The van der Waals surface area contributed by atoms with E-state index in [1.54, 1.807) is 36.4 Å². The van der Waals surface area contributed by atoms with Gasteiger partial charge in [0.2, 0.25) is 0 Å². The summed E-state index contributed by atoms with van der Waals surface area (Å²) in [4.78, 5) is 12.5. The molecule has 0 radical (unpaired) electrons. The van der Waals surface area contributed by atoms with Crippen molar-refractivity contribution in [3.05, 3.63) is 99.7 Å². The Kier molecular flexibility index (Phi) is 5.98. The van der Waals surface area contributed by atoms with E-state index < -0.39 is 5.97 Å². The molecule has 0 amide bonds. The van der Waals surface area contributed by atoms with Gasteiger partial charge in [-0.05, 0) is 48.5 Å². The third kappa shape index (κ3) is 4.30. The summed E-state index contributed by atoms with van der Waals surface area (Å²) in [5.74, 6) is 0.293. The van der Waals surface area contributed by atoms with Crippen LogP contribution in [-0.2, 0) is 25.0 Å². The Labute approximate surface area is 184 Å². The Bertz CT molecular complexity index is 1200. The van der Waals surface area contributed by atoms with Gasteiger partial charge in [0.15, 0.2) is 0 Å². The summed E-state index contributed by atoms with van der Waals surface area (Å²) in [6, 6.07) is 21.9. The lowest BCUT2D eigenvalue weighted by Gasteiger charge is -2.11. The van der Waals surface area contributed by atoms with E-state index in [0.717, 1.165) is 22.2 Å². The van der Waals surface area contributed by atoms with Crippen LogP contribution in [0.5, 0.6) is 5.75 Å². The van der Waals surface area contributed by atoms with E-state index in [0.29, 0.717) is 28.0 Å². The van der Waals surface area contributed by atoms with E-state index in [1.165, 1.54) is 0 Å². The molecule has 1 aromatic heterocycles. The molecule has 0 aliphatic carbocycles. The number of hydrogen-bond acceptors (Lipinski definition) is 3. The molecule has 4 nitrogen and oxygen atoms in total. The third-order valence-corrected chi connectivity index (χ3v) is 5.43. The topological polar surface area (TPSA) is 40.5 Å². The zero-order valence-electron chi connectivity index (χ0n) is 16.3. The zero-order valence-corrected chi connectivity index (χ0v) is 17.8. The summed E-state index contributed by atoms with van der Waals surface area (Å²) in [7, 11) is 1.98. The van der Waals surface area contributed by atoms with Crippen LogP contribution in [0.4, 0.5) is 0 Å². The highest BCUT2D eigenvalue weighted by atomic mass is 35.5. The Morgan fingerprint density at radius 1 is 0.900 bits per heavy atom. The molecule has 152 valence electrons. The maximum atomic E-state index is 12.5. The van der Waals surface area contributed by atoms with Crippen molar-refractivity contribution < 1.29 is 14.3 Å². The monoisotopic (exact) mass is 439 g/mol. The molecule has 0 unspecified atom stereocenters. The smallest absolute Gasteiger partial charge is 0.338 e. The lowest BCUT2D eigenvalue weighted by atomic mass is 10.1. The Morgan fingerprint density at radius 3 is 2.43 bits per heavy atom. The number of hydrogen-bond donors (Lipinski definition) is 0. The van der Waals surface area contributed by atoms with Crippen molar-refractivity contribution in [1.29, 1.82) is 0 Å². The van der Waals surface area contributed by atoms with Gasteiger partial charge in [-0.2, -0.15) is 0 Å². The first-order valence-electron chi connectivity index (χ1n) is 9.39. The Morgan fingerprint density at radius 2 is 1.67 bits per heavy atom. The van der Waals surface area contributed by atoms with E-state index in [4.69, 9.17) is 32.7 Å². The quantitative estimate of drug-likeness (QED) is 0.325. The summed E-state index contributed by atoms with van der Waals surface area (Å²) in [6.07, 6.45) is 0. The van der Waals surface area contributed by atoms with Crippen molar-refractivity contribution >= 4 is 40.1 Å². The van der Waals surface area contributed by atoms with Crippen LogP contribution in [0.3, 0.4) is 0 Å². The summed E-state index contributed by atoms with van der Waals surface area (Å²) in [5.41, 5.74) is 3.31. The average molecular weight is 440 g/mol. The Hall–Kier alpha value is -2.95. The second kappa shape index (κ2) is 8.82. The second-order valence-electron chi connectivity index (χ2n) is 6.83. The van der Waals surface area contributed by atoms with Gasteiger partial charge >= 0.3 is 5.97 Å². The molecular weight excluding hydrogens is 421 g/mol. The molecule has 0 bridgehead atoms. The molecule has 0 saturated carbocycles. The molecule has 0 saturated heterocycles. The predicted molar refractivity (Wildman–Crippen MR) is 119 cm³/mol. The number of ether oxygens (including phenoxy) is 2. The molecule has 30 heavy (non-hydrogen) atoms. The predicted octanol–water partition coefficient (Wildman–Crippen LogP) is 6.42. The van der Waals surface area contributed by atoms with Gasteiger partial charge in [-0.15, -0.1) is 0 Å². The lowest BCUT2D eigenvalue weighted by molar-refractivity contribution is 0.0472. The van der Waals surface area contributed by atoms with E-state index >= 15 is 0 Å². The lowest BCUT2D eigenvalue weighted by Crippen LogP contribution is -2.09. The zero-order chi connectivity index (χ0) is 21.1. The van der Waals surface area contributed by atoms with Crippen molar-refractivity contribution in [3.63, 3.8) is 0 Å². The highest BCUT2D eigenvalue weighted by Gasteiger charge is 2.18. The van der Waals surface area contributed by atoms with Crippen molar-refractivity contribution in [2.45, 2.75) is 13.2 Å². The van der Waals surface area contributed by atoms with Gasteiger partial charge in [-0.3, -0.25) is 0 Å². The molecule has 0 fully saturated rings. The third-order valence-electron chi connectivity index (χ3n) is 4.94. The maximum absolute atomic E-state index is 12.5. The number of para-hydroxylation sites is 1. The van der Waals surface area contributed by atoms with E-state index in [2.05, 4.69) is 4.57 Å². The van der Waals surface area contributed by atoms with Crippen molar-refractivity contribution in [1.82, 2.24) is 4.57 Å². The van der Waals surface area contributed by atoms with Crippen molar-refractivity contribution in [2.24, 2.45) is 7.05 Å². The summed E-state index contributed by atoms with van der Waals surface area (Å²) < 4.78 is 13.6. The molecule has 0 aliphatic heterocycles. The molecule has 3 aromatic carbocycles. The molecule has 4 aromatic rings. The number of carbonyl (C=O) groups is 1. The van der Waals surface area contributed by atoms with Crippen molar-refractivity contribution in [2.75, 3.05) is 0 Å². The minimum Gasteiger partial charge on any atom is -0.487 e. The van der Waals surface area contributed by atoms with Crippen LogP contribution in [0.2, 0.25) is 10.0 Å². The number of aromatic nitrogens is 1. The number of fused-ring (bicyclic) bond motifs is 1. The van der Waals surface area contributed by atoms with E-state index in [9.17, 15) is 4.79 Å². The number of carbonyl (C=O) groups excluding carboxylic acids is 1. The summed E-state index contributed by atoms with van der Waals surface area (Å²) in [6.45, 7) is 0.461. The number of rotatable bonds is 6. The van der Waals surface area contributed by atoms with Crippen LogP contribution >= 0.6 is 23.2 Å². The molecule has 1 heterocycles. The highest BCUT2D eigenvalue weighted by Crippen LogP contribution is 2.28. The van der Waals surface area contributed by atoms with Gasteiger partial charge in [0.05, 0.1) is 11.3 Å². The number of esters is 1. The van der Waals surface area contributed by atoms with Gasteiger partial charge in [0, 0.05) is 33.6 Å². The molecule has 0 spiro atoms. The molecular formula is C24H19Cl2NO3. The first-order chi connectivity index (χ1) is 14.5. The second-order valence-corrected chi connectivity index (χ2v) is 7.70. The first kappa shape index (κ1) is 20.3. The van der Waals surface area contributed by atoms with Crippen LogP contribution in [0.25, 0.3) is 10.9 Å². The fraction of sp³-hybridized carbons (Fsp3) is 0.125. The highest BCUT2D eigenvalue weighted by molar-refractivity contribution is 6.31. The maximum Gasteiger partial charge on any atom is 0.338 e. The van der Waals surface area contributed by atoms with Crippen LogP contribution < -0.4 is 4.74 Å². The Balaban J connectivity index is 1.60. The number of nitrogens with zero attached hydrogens (tertiary/aromatic N) is 1. The molecule has 0 aliphatic rings. The number of aryl methyl sites for hydroxylation is 1. The molecule has 0 N–H and O–H groups in total. The van der Waals surface area contributed by atoms with Crippen LogP contribution in [0, 0.1) is 0 Å². The van der Waals surface area contributed by atoms with Crippen LogP contribution in [-0.4, -0.2) is 10.5 Å². The summed E-state index contributed by atoms with van der Waals surface area (Å²) >= 11 is 11.9. The largest absolute Gasteiger partial charge is 0.487 e. The van der Waals surface area contributed by atoms with Gasteiger partial charge < -0.3 is 14.0 Å². The van der Waals surface area contributed by atoms with Gasteiger partial charge in [-0.1, -0.05) is 47.5 Å². The van der Waals surface area contributed by atoms with Crippen LogP contribution in [0.15, 0.2) is 72.8 Å². The summed E-state index contributed by atoms with van der Waals surface area (Å²) in [5, 5.41) is 2.17. The number of benzene rings is 3. The minimum atomic E-state index is -0.421. The standard InChI is InChI=1S/C24H19Cl2NO3/c1-27-22-8-3-2-7-20(22)21(14-30-24(28)16-5-4-6-18(26)13-16)23(27)15-29-19-11-9-17(25)10-12-19/h2-13H,14-15H2,1H3. The van der Waals surface area contributed by atoms with Crippen LogP contribution in [0.1, 0.15) is 21.6 Å². The average Bonchev–Trinajstić information content (AvgIpc) is 3.03. The minimum absolute atomic E-state index is 0.131. The van der Waals surface area contributed by atoms with Gasteiger partial charge in [-0.25, -0.2) is 4.79 Å². The first-order valence-corrected chi connectivity index (χ1v) is 10.1. The fourth-order valence-electron chi connectivity index (χ4n) is 3.39. The molecule has 0 atom stereocenters. The van der Waals surface area contributed by atoms with Gasteiger partial charge in [0.25, 0.3) is 0 Å². The SMILES string of the molecule is Cn1c(COc2ccc(Cl)cc2)c(COC(=O)c2cccc(Cl)c2)c2ccccc21. The number of halogens is 2. The fourth-order valence-corrected chi connectivity index (χ4v) is 3.70. The normalized spacial score (nSPS) is 10.9. The molecule has 4 rings (SSSR count). The van der Waals surface area contributed by atoms with E-state index in [1.807, 2.05) is 43.4 Å².